The SMILES string of the molecule is CC12CC1CN(c1nc(Cl)nc(NNC(=O)C(CC3CCCC3)CN(O)C=O)c1F)C2. The van der Waals surface area contributed by atoms with Crippen LogP contribution in [0.5, 0.6) is 0 Å². The Bertz CT molecular complexity index is 854. The number of hydrogen-bond acceptors (Lipinski definition) is 7. The molecule has 1 saturated heterocycles. The van der Waals surface area contributed by atoms with Crippen molar-refractivity contribution in [1.82, 2.24) is 20.5 Å². The number of hydrazine groups is 1. The molecule has 31 heavy (non-hydrogen) atoms. The molecule has 0 radical (unpaired) electrons. The fourth-order valence-electron chi connectivity index (χ4n) is 5.02. The van der Waals surface area contributed by atoms with E-state index in [0.29, 0.717) is 36.4 Å². The van der Waals surface area contributed by atoms with E-state index in [4.69, 9.17) is 11.6 Å². The molecule has 0 spiro atoms. The standard InChI is InChI=1S/C20H28ClFN6O3/c1-20-7-14(20)9-27(10-20)17-15(22)16(23-19(21)24-17)25-26-18(30)13(8-28(31)11-29)6-12-4-2-3-5-12/h11-14,31H,2-10H2,1H3,(H,26,30)(H,23,24,25). The van der Waals surface area contributed by atoms with Crippen molar-refractivity contribution in [3.8, 4) is 0 Å². The molecule has 11 heteroatoms. The van der Waals surface area contributed by atoms with Crippen molar-refractivity contribution in [3.05, 3.63) is 11.1 Å². The Labute approximate surface area is 185 Å². The van der Waals surface area contributed by atoms with Gasteiger partial charge in [-0.05, 0) is 41.7 Å². The van der Waals surface area contributed by atoms with Crippen molar-refractivity contribution in [2.75, 3.05) is 30.0 Å². The van der Waals surface area contributed by atoms with Crippen LogP contribution in [0.3, 0.4) is 0 Å². The lowest BCUT2D eigenvalue weighted by molar-refractivity contribution is -0.154. The third kappa shape index (κ3) is 4.85. The summed E-state index contributed by atoms with van der Waals surface area (Å²) >= 11 is 6.01. The van der Waals surface area contributed by atoms with E-state index in [9.17, 15) is 14.8 Å². The van der Waals surface area contributed by atoms with Crippen LogP contribution in [0.4, 0.5) is 16.0 Å². The van der Waals surface area contributed by atoms with Gasteiger partial charge in [-0.25, -0.2) is 5.06 Å². The van der Waals surface area contributed by atoms with Gasteiger partial charge in [-0.1, -0.05) is 32.6 Å². The molecule has 2 saturated carbocycles. The largest absolute Gasteiger partial charge is 0.353 e. The fraction of sp³-hybridized carbons (Fsp3) is 0.700. The van der Waals surface area contributed by atoms with Crippen LogP contribution in [0.2, 0.25) is 5.28 Å². The van der Waals surface area contributed by atoms with Gasteiger partial charge in [0.1, 0.15) is 0 Å². The normalized spacial score (nSPS) is 25.8. The molecule has 3 atom stereocenters. The molecule has 3 N–H and O–H groups in total. The summed E-state index contributed by atoms with van der Waals surface area (Å²) in [5.41, 5.74) is 5.19. The molecule has 9 nitrogen and oxygen atoms in total. The number of fused-ring (bicyclic) bond motifs is 1. The number of carbonyl (C=O) groups excluding carboxylic acids is 2. The minimum absolute atomic E-state index is 0.121. The molecule has 2 aliphatic carbocycles. The van der Waals surface area contributed by atoms with Crippen LogP contribution >= 0.6 is 11.6 Å². The zero-order chi connectivity index (χ0) is 22.2. The van der Waals surface area contributed by atoms with E-state index in [2.05, 4.69) is 27.7 Å². The number of amides is 2. The number of hydroxylamine groups is 2. The highest BCUT2D eigenvalue weighted by molar-refractivity contribution is 6.28. The molecule has 2 heterocycles. The van der Waals surface area contributed by atoms with E-state index >= 15 is 4.39 Å². The summed E-state index contributed by atoms with van der Waals surface area (Å²) in [6, 6.07) is 0. The second kappa shape index (κ2) is 8.74. The smallest absolute Gasteiger partial charge is 0.243 e. The van der Waals surface area contributed by atoms with Gasteiger partial charge in [-0.15, -0.1) is 0 Å². The second-order valence-electron chi connectivity index (χ2n) is 9.34. The maximum atomic E-state index is 15.1. The Morgan fingerprint density at radius 2 is 2.19 bits per heavy atom. The van der Waals surface area contributed by atoms with Crippen molar-refractivity contribution in [2.45, 2.75) is 45.4 Å². The summed E-state index contributed by atoms with van der Waals surface area (Å²) in [7, 11) is 0. The Hall–Kier alpha value is -2.20. The number of nitrogens with one attached hydrogen (secondary N) is 2. The van der Waals surface area contributed by atoms with E-state index < -0.39 is 17.6 Å². The lowest BCUT2D eigenvalue weighted by Gasteiger charge is -2.24. The molecule has 4 rings (SSSR count). The zero-order valence-corrected chi connectivity index (χ0v) is 18.2. The Morgan fingerprint density at radius 1 is 1.45 bits per heavy atom. The third-order valence-electron chi connectivity index (χ3n) is 6.93. The number of halogens is 2. The molecule has 1 aliphatic heterocycles. The van der Waals surface area contributed by atoms with Crippen molar-refractivity contribution >= 4 is 35.6 Å². The highest BCUT2D eigenvalue weighted by atomic mass is 35.5. The van der Waals surface area contributed by atoms with Gasteiger partial charge in [-0.3, -0.25) is 25.6 Å². The van der Waals surface area contributed by atoms with Gasteiger partial charge in [0.05, 0.1) is 12.5 Å². The lowest BCUT2D eigenvalue weighted by Crippen LogP contribution is -2.41. The Balaban J connectivity index is 1.42. The second-order valence-corrected chi connectivity index (χ2v) is 9.68. The number of hydrogen-bond donors (Lipinski definition) is 3. The van der Waals surface area contributed by atoms with E-state index in [1.165, 1.54) is 0 Å². The molecule has 3 fully saturated rings. The fourth-order valence-corrected chi connectivity index (χ4v) is 5.18. The van der Waals surface area contributed by atoms with Crippen LogP contribution in [-0.4, -0.2) is 52.2 Å². The Morgan fingerprint density at radius 3 is 2.84 bits per heavy atom. The highest BCUT2D eigenvalue weighted by Gasteiger charge is 2.56. The number of nitrogens with zero attached hydrogens (tertiary/aromatic N) is 4. The summed E-state index contributed by atoms with van der Waals surface area (Å²) < 4.78 is 15.1. The van der Waals surface area contributed by atoms with Gasteiger partial charge in [-0.2, -0.15) is 14.4 Å². The van der Waals surface area contributed by atoms with Gasteiger partial charge in [0, 0.05) is 13.1 Å². The molecule has 170 valence electrons. The first kappa shape index (κ1) is 22.0. The van der Waals surface area contributed by atoms with E-state index in [0.717, 1.165) is 32.1 Å². The number of aromatic nitrogens is 2. The molecule has 1 aromatic rings. The van der Waals surface area contributed by atoms with Crippen LogP contribution in [0, 0.1) is 29.0 Å². The first-order valence-corrected chi connectivity index (χ1v) is 11.1. The van der Waals surface area contributed by atoms with Gasteiger partial charge in [0.2, 0.25) is 23.4 Å². The van der Waals surface area contributed by atoms with E-state index in [1.54, 1.807) is 0 Å². The van der Waals surface area contributed by atoms with Crippen LogP contribution in [-0.2, 0) is 9.59 Å². The molecule has 0 aromatic carbocycles. The molecule has 2 amide bonds. The number of piperidine rings is 1. The minimum atomic E-state index is -0.682. The van der Waals surface area contributed by atoms with Crippen LogP contribution in [0.15, 0.2) is 0 Å². The number of carbonyl (C=O) groups is 2. The summed E-state index contributed by atoms with van der Waals surface area (Å²) in [5, 5.41) is 9.92. The molecular weight excluding hydrogens is 427 g/mol. The first-order chi connectivity index (χ1) is 14.8. The minimum Gasteiger partial charge on any atom is -0.353 e. The monoisotopic (exact) mass is 454 g/mol. The van der Waals surface area contributed by atoms with Crippen LogP contribution in [0.25, 0.3) is 0 Å². The molecule has 0 bridgehead atoms. The predicted molar refractivity (Wildman–Crippen MR) is 112 cm³/mol. The van der Waals surface area contributed by atoms with E-state index in [-0.39, 0.29) is 35.3 Å². The topological polar surface area (TPSA) is 111 Å². The average molecular weight is 455 g/mol. The summed E-state index contributed by atoms with van der Waals surface area (Å²) in [6.07, 6.45) is 6.17. The van der Waals surface area contributed by atoms with Crippen molar-refractivity contribution in [1.29, 1.82) is 0 Å². The molecule has 1 aromatic heterocycles. The molecular formula is C20H28ClFN6O3. The highest BCUT2D eigenvalue weighted by Crippen LogP contribution is 2.58. The number of anilines is 2. The maximum Gasteiger partial charge on any atom is 0.243 e. The van der Waals surface area contributed by atoms with Gasteiger partial charge >= 0.3 is 0 Å². The Kier molecular flexibility index (Phi) is 6.20. The van der Waals surface area contributed by atoms with Crippen molar-refractivity contribution in [2.24, 2.45) is 23.2 Å². The average Bonchev–Trinajstić information content (AvgIpc) is 3.08. The lowest BCUT2D eigenvalue weighted by atomic mass is 9.92. The van der Waals surface area contributed by atoms with Crippen molar-refractivity contribution < 1.29 is 19.2 Å². The first-order valence-electron chi connectivity index (χ1n) is 10.7. The quantitative estimate of drug-likeness (QED) is 0.227. The van der Waals surface area contributed by atoms with Crippen molar-refractivity contribution in [3.63, 3.8) is 0 Å². The molecule has 3 aliphatic rings. The summed E-state index contributed by atoms with van der Waals surface area (Å²) in [5.74, 6) is -0.989. The van der Waals surface area contributed by atoms with E-state index in [1.807, 2.05) is 4.90 Å². The summed E-state index contributed by atoms with van der Waals surface area (Å²) in [6.45, 7) is 3.45. The maximum absolute atomic E-state index is 15.1. The predicted octanol–water partition coefficient (Wildman–Crippen LogP) is 2.60. The zero-order valence-electron chi connectivity index (χ0n) is 17.5. The van der Waals surface area contributed by atoms with Crippen LogP contribution in [0.1, 0.15) is 45.4 Å². The molecule has 3 unspecified atom stereocenters. The van der Waals surface area contributed by atoms with Crippen LogP contribution < -0.4 is 15.8 Å². The third-order valence-corrected chi connectivity index (χ3v) is 7.10. The summed E-state index contributed by atoms with van der Waals surface area (Å²) in [4.78, 5) is 33.4. The van der Waals surface area contributed by atoms with Gasteiger partial charge in [0.25, 0.3) is 0 Å². The number of rotatable bonds is 9. The van der Waals surface area contributed by atoms with Gasteiger partial charge < -0.3 is 4.90 Å². The van der Waals surface area contributed by atoms with Gasteiger partial charge in [0.15, 0.2) is 11.6 Å².